The van der Waals surface area contributed by atoms with Gasteiger partial charge in [-0.15, -0.1) is 0 Å². The Morgan fingerprint density at radius 1 is 1.05 bits per heavy atom. The summed E-state index contributed by atoms with van der Waals surface area (Å²) in [6, 6.07) is 5.99. The van der Waals surface area contributed by atoms with E-state index in [-0.39, 0.29) is 5.84 Å². The van der Waals surface area contributed by atoms with Gasteiger partial charge in [-0.1, -0.05) is 6.07 Å². The molecule has 0 atom stereocenters. The highest BCUT2D eigenvalue weighted by Gasteiger charge is 2.15. The zero-order chi connectivity index (χ0) is 15.7. The van der Waals surface area contributed by atoms with Gasteiger partial charge in [0, 0.05) is 5.69 Å². The van der Waals surface area contributed by atoms with E-state index in [0.29, 0.717) is 11.4 Å². The van der Waals surface area contributed by atoms with Gasteiger partial charge in [-0.25, -0.2) is 4.98 Å². The molecule has 4 heteroatoms. The van der Waals surface area contributed by atoms with Crippen molar-refractivity contribution in [1.82, 2.24) is 4.98 Å². The van der Waals surface area contributed by atoms with Crippen LogP contribution in [0.25, 0.3) is 0 Å². The fraction of sp³-hybridized carbons (Fsp3) is 0.294. The fourth-order valence-electron chi connectivity index (χ4n) is 2.41. The Hall–Kier alpha value is -2.36. The van der Waals surface area contributed by atoms with Gasteiger partial charge in [-0.2, -0.15) is 0 Å². The SMILES string of the molecule is Cc1cc(C)c(C)c(Oc2nc(C)cc(C)c2C(=N)N)c1. The Morgan fingerprint density at radius 3 is 2.33 bits per heavy atom. The molecule has 0 unspecified atom stereocenters. The molecule has 1 aromatic heterocycles. The van der Waals surface area contributed by atoms with Gasteiger partial charge < -0.3 is 10.5 Å². The molecule has 0 aliphatic heterocycles. The molecule has 2 aromatic rings. The van der Waals surface area contributed by atoms with E-state index in [4.69, 9.17) is 15.9 Å². The van der Waals surface area contributed by atoms with E-state index in [1.807, 2.05) is 39.8 Å². The molecule has 2 rings (SSSR count). The number of hydrogen-bond acceptors (Lipinski definition) is 3. The van der Waals surface area contributed by atoms with Crippen molar-refractivity contribution in [2.75, 3.05) is 0 Å². The molecule has 0 spiro atoms. The molecule has 0 aliphatic rings. The second-order valence-corrected chi connectivity index (χ2v) is 5.48. The maximum Gasteiger partial charge on any atom is 0.230 e. The maximum atomic E-state index is 7.75. The zero-order valence-corrected chi connectivity index (χ0v) is 13.2. The normalized spacial score (nSPS) is 10.5. The van der Waals surface area contributed by atoms with Gasteiger partial charge >= 0.3 is 0 Å². The van der Waals surface area contributed by atoms with Gasteiger partial charge in [-0.05, 0) is 69.0 Å². The van der Waals surface area contributed by atoms with Crippen LogP contribution in [0.3, 0.4) is 0 Å². The van der Waals surface area contributed by atoms with Crippen LogP contribution in [0.2, 0.25) is 0 Å². The molecule has 3 N–H and O–H groups in total. The zero-order valence-electron chi connectivity index (χ0n) is 13.2. The number of hydrogen-bond donors (Lipinski definition) is 2. The molecular weight excluding hydrogens is 262 g/mol. The summed E-state index contributed by atoms with van der Waals surface area (Å²) >= 11 is 0. The molecule has 1 aromatic carbocycles. The van der Waals surface area contributed by atoms with E-state index >= 15 is 0 Å². The van der Waals surface area contributed by atoms with Crippen molar-refractivity contribution in [3.63, 3.8) is 0 Å². The summed E-state index contributed by atoms with van der Waals surface area (Å²) in [6.07, 6.45) is 0. The van der Waals surface area contributed by atoms with Crippen molar-refractivity contribution in [2.24, 2.45) is 5.73 Å². The molecule has 0 amide bonds. The van der Waals surface area contributed by atoms with Crippen LogP contribution >= 0.6 is 0 Å². The Balaban J connectivity index is 2.57. The highest BCUT2D eigenvalue weighted by atomic mass is 16.5. The first-order valence-corrected chi connectivity index (χ1v) is 6.88. The molecule has 4 nitrogen and oxygen atoms in total. The monoisotopic (exact) mass is 283 g/mol. The van der Waals surface area contributed by atoms with Gasteiger partial charge in [0.2, 0.25) is 5.88 Å². The lowest BCUT2D eigenvalue weighted by molar-refractivity contribution is 0.455. The number of aromatic nitrogens is 1. The average molecular weight is 283 g/mol. The van der Waals surface area contributed by atoms with Crippen LogP contribution in [0.4, 0.5) is 0 Å². The van der Waals surface area contributed by atoms with Crippen LogP contribution in [0.5, 0.6) is 11.6 Å². The summed E-state index contributed by atoms with van der Waals surface area (Å²) < 4.78 is 5.99. The lowest BCUT2D eigenvalue weighted by atomic mass is 10.1. The van der Waals surface area contributed by atoms with Crippen LogP contribution in [-0.4, -0.2) is 10.8 Å². The molecule has 0 radical (unpaired) electrons. The van der Waals surface area contributed by atoms with Crippen LogP contribution in [0.1, 0.15) is 33.5 Å². The van der Waals surface area contributed by atoms with E-state index in [1.165, 1.54) is 5.56 Å². The number of ether oxygens (including phenoxy) is 1. The van der Waals surface area contributed by atoms with E-state index in [1.54, 1.807) is 0 Å². The van der Waals surface area contributed by atoms with Crippen molar-refractivity contribution in [3.8, 4) is 11.6 Å². The molecule has 0 aliphatic carbocycles. The summed E-state index contributed by atoms with van der Waals surface area (Å²) in [4.78, 5) is 4.41. The Kier molecular flexibility index (Phi) is 3.98. The van der Waals surface area contributed by atoms with Gasteiger partial charge in [0.25, 0.3) is 0 Å². The minimum absolute atomic E-state index is 0.0305. The molecule has 0 saturated carbocycles. The first kappa shape index (κ1) is 15.0. The van der Waals surface area contributed by atoms with E-state index in [0.717, 1.165) is 28.1 Å². The van der Waals surface area contributed by atoms with Crippen molar-refractivity contribution in [3.05, 3.63) is 51.7 Å². The predicted octanol–water partition coefficient (Wildman–Crippen LogP) is 3.70. The summed E-state index contributed by atoms with van der Waals surface area (Å²) in [7, 11) is 0. The first-order chi connectivity index (χ1) is 9.79. The van der Waals surface area contributed by atoms with E-state index < -0.39 is 0 Å². The first-order valence-electron chi connectivity index (χ1n) is 6.88. The predicted molar refractivity (Wildman–Crippen MR) is 85.5 cm³/mol. The number of nitrogen functional groups attached to an aromatic ring is 1. The minimum atomic E-state index is -0.0305. The van der Waals surface area contributed by atoms with Crippen LogP contribution < -0.4 is 10.5 Å². The third-order valence-electron chi connectivity index (χ3n) is 3.55. The minimum Gasteiger partial charge on any atom is -0.438 e. The summed E-state index contributed by atoms with van der Waals surface area (Å²) in [6.45, 7) is 9.90. The molecule has 0 saturated heterocycles. The number of nitrogens with zero attached hydrogens (tertiary/aromatic N) is 1. The Bertz CT molecular complexity index is 720. The molecule has 110 valence electrons. The average Bonchev–Trinajstić information content (AvgIpc) is 2.33. The topological polar surface area (TPSA) is 72.0 Å². The summed E-state index contributed by atoms with van der Waals surface area (Å²) in [5.74, 6) is 1.12. The number of nitrogens with one attached hydrogen (secondary N) is 1. The number of rotatable bonds is 3. The highest BCUT2D eigenvalue weighted by molar-refractivity contribution is 5.98. The van der Waals surface area contributed by atoms with E-state index in [9.17, 15) is 0 Å². The number of aryl methyl sites for hydroxylation is 4. The van der Waals surface area contributed by atoms with Crippen LogP contribution in [-0.2, 0) is 0 Å². The third kappa shape index (κ3) is 3.05. The fourth-order valence-corrected chi connectivity index (χ4v) is 2.41. The van der Waals surface area contributed by atoms with Crippen LogP contribution in [0, 0.1) is 40.0 Å². The molecule has 1 heterocycles. The van der Waals surface area contributed by atoms with E-state index in [2.05, 4.69) is 18.0 Å². The number of benzene rings is 1. The molecular formula is C17H21N3O. The largest absolute Gasteiger partial charge is 0.438 e. The highest BCUT2D eigenvalue weighted by Crippen LogP contribution is 2.30. The second-order valence-electron chi connectivity index (χ2n) is 5.48. The lowest BCUT2D eigenvalue weighted by Crippen LogP contribution is -2.15. The van der Waals surface area contributed by atoms with Crippen molar-refractivity contribution in [1.29, 1.82) is 5.41 Å². The quantitative estimate of drug-likeness (QED) is 0.666. The van der Waals surface area contributed by atoms with Gasteiger partial charge in [0.15, 0.2) is 0 Å². The standard InChI is InChI=1S/C17H21N3O/c1-9-6-10(2)13(5)14(7-9)21-17-15(16(18)19)11(3)8-12(4)20-17/h6-8H,1-5H3,(H3,18,19). The number of nitrogens with two attached hydrogens (primary N) is 1. The van der Waals surface area contributed by atoms with Gasteiger partial charge in [0.05, 0.1) is 5.56 Å². The van der Waals surface area contributed by atoms with Gasteiger partial charge in [0.1, 0.15) is 11.6 Å². The molecule has 0 bridgehead atoms. The van der Waals surface area contributed by atoms with Crippen molar-refractivity contribution in [2.45, 2.75) is 34.6 Å². The third-order valence-corrected chi connectivity index (χ3v) is 3.55. The Morgan fingerprint density at radius 2 is 1.71 bits per heavy atom. The second kappa shape index (κ2) is 5.56. The molecule has 0 fully saturated rings. The summed E-state index contributed by atoms with van der Waals surface area (Å²) in [5, 5.41) is 7.75. The van der Waals surface area contributed by atoms with Crippen LogP contribution in [0.15, 0.2) is 18.2 Å². The Labute approximate surface area is 125 Å². The van der Waals surface area contributed by atoms with Gasteiger partial charge in [-0.3, -0.25) is 5.41 Å². The lowest BCUT2D eigenvalue weighted by Gasteiger charge is -2.15. The smallest absolute Gasteiger partial charge is 0.230 e. The van der Waals surface area contributed by atoms with Crippen molar-refractivity contribution < 1.29 is 4.74 Å². The number of amidine groups is 1. The molecule has 21 heavy (non-hydrogen) atoms. The number of pyridine rings is 1. The summed E-state index contributed by atoms with van der Waals surface area (Å²) in [5.41, 5.74) is 11.3. The van der Waals surface area contributed by atoms with Crippen molar-refractivity contribution >= 4 is 5.84 Å². The maximum absolute atomic E-state index is 7.75.